The summed E-state index contributed by atoms with van der Waals surface area (Å²) >= 11 is 3.43. The molecule has 0 unspecified atom stereocenters. The van der Waals surface area contributed by atoms with E-state index in [1.807, 2.05) is 26.0 Å². The van der Waals surface area contributed by atoms with E-state index in [9.17, 15) is 9.59 Å². The average Bonchev–Trinajstić information content (AvgIpc) is 2.54. The first kappa shape index (κ1) is 19.0. The molecule has 6 heteroatoms. The lowest BCUT2D eigenvalue weighted by molar-refractivity contribution is -0.118. The number of anilines is 1. The number of benzene rings is 2. The Kier molecular flexibility index (Phi) is 6.58. The molecule has 0 aliphatic rings. The van der Waals surface area contributed by atoms with Crippen LogP contribution in [0.4, 0.5) is 5.69 Å². The minimum atomic E-state index is -0.420. The van der Waals surface area contributed by atoms with Gasteiger partial charge in [0.1, 0.15) is 5.75 Å². The van der Waals surface area contributed by atoms with Crippen molar-refractivity contribution in [3.63, 3.8) is 0 Å². The summed E-state index contributed by atoms with van der Waals surface area (Å²) < 4.78 is 11.6. The summed E-state index contributed by atoms with van der Waals surface area (Å²) in [6.07, 6.45) is 0. The topological polar surface area (TPSA) is 64.6 Å². The Bertz CT molecular complexity index is 766. The van der Waals surface area contributed by atoms with Gasteiger partial charge in [-0.15, -0.1) is 0 Å². The molecule has 0 heterocycles. The van der Waals surface area contributed by atoms with Gasteiger partial charge in [-0.25, -0.2) is 4.79 Å². The van der Waals surface area contributed by atoms with Gasteiger partial charge in [-0.3, -0.25) is 4.79 Å². The van der Waals surface area contributed by atoms with Crippen LogP contribution in [0.5, 0.6) is 5.75 Å². The number of amides is 1. The van der Waals surface area contributed by atoms with Gasteiger partial charge in [0, 0.05) is 10.2 Å². The Morgan fingerprint density at radius 1 is 1.12 bits per heavy atom. The standard InChI is InChI=1S/C19H20BrNO4/c1-4-24-19(23)14-6-5-7-16(10-14)21-17(22)11-25-18-12(2)8-15(20)9-13(18)3/h5-10H,4,11H2,1-3H3,(H,21,22). The molecule has 2 rings (SSSR count). The largest absolute Gasteiger partial charge is 0.483 e. The maximum atomic E-state index is 12.1. The van der Waals surface area contributed by atoms with E-state index in [2.05, 4.69) is 21.2 Å². The molecule has 2 aromatic carbocycles. The molecule has 5 nitrogen and oxygen atoms in total. The van der Waals surface area contributed by atoms with Crippen molar-refractivity contribution in [2.45, 2.75) is 20.8 Å². The van der Waals surface area contributed by atoms with E-state index in [-0.39, 0.29) is 12.5 Å². The monoisotopic (exact) mass is 405 g/mol. The van der Waals surface area contributed by atoms with Crippen molar-refractivity contribution < 1.29 is 19.1 Å². The normalized spacial score (nSPS) is 10.2. The molecule has 0 fully saturated rings. The minimum absolute atomic E-state index is 0.118. The first-order valence-electron chi connectivity index (χ1n) is 7.87. The van der Waals surface area contributed by atoms with Gasteiger partial charge in [0.25, 0.3) is 5.91 Å². The Morgan fingerprint density at radius 2 is 1.80 bits per heavy atom. The van der Waals surface area contributed by atoms with Crippen molar-refractivity contribution in [3.05, 3.63) is 57.6 Å². The van der Waals surface area contributed by atoms with Crippen molar-refractivity contribution in [2.24, 2.45) is 0 Å². The van der Waals surface area contributed by atoms with E-state index >= 15 is 0 Å². The molecule has 0 spiro atoms. The van der Waals surface area contributed by atoms with E-state index < -0.39 is 5.97 Å². The van der Waals surface area contributed by atoms with E-state index in [1.165, 1.54) is 0 Å². The van der Waals surface area contributed by atoms with Crippen molar-refractivity contribution in [3.8, 4) is 5.75 Å². The predicted octanol–water partition coefficient (Wildman–Crippen LogP) is 4.26. The van der Waals surface area contributed by atoms with E-state index in [0.29, 0.717) is 23.6 Å². The lowest BCUT2D eigenvalue weighted by Gasteiger charge is -2.13. The molecule has 0 saturated carbocycles. The van der Waals surface area contributed by atoms with Crippen molar-refractivity contribution >= 4 is 33.5 Å². The van der Waals surface area contributed by atoms with Crippen LogP contribution in [0.2, 0.25) is 0 Å². The summed E-state index contributed by atoms with van der Waals surface area (Å²) in [5.74, 6) is -0.0303. The van der Waals surface area contributed by atoms with Gasteiger partial charge in [-0.05, 0) is 62.2 Å². The molecule has 0 bridgehead atoms. The third kappa shape index (κ3) is 5.32. The number of esters is 1. The van der Waals surface area contributed by atoms with Gasteiger partial charge in [0.2, 0.25) is 0 Å². The van der Waals surface area contributed by atoms with Gasteiger partial charge in [0.15, 0.2) is 6.61 Å². The number of carbonyl (C=O) groups excluding carboxylic acids is 2. The van der Waals surface area contributed by atoms with Crippen LogP contribution < -0.4 is 10.1 Å². The summed E-state index contributed by atoms with van der Waals surface area (Å²) in [6.45, 7) is 5.77. The number of hydrogen-bond donors (Lipinski definition) is 1. The lowest BCUT2D eigenvalue weighted by atomic mass is 10.1. The first-order chi connectivity index (χ1) is 11.9. The predicted molar refractivity (Wildman–Crippen MR) is 100 cm³/mol. The maximum absolute atomic E-state index is 12.1. The van der Waals surface area contributed by atoms with Crippen LogP contribution >= 0.6 is 15.9 Å². The smallest absolute Gasteiger partial charge is 0.338 e. The summed E-state index contributed by atoms with van der Waals surface area (Å²) in [5, 5.41) is 2.72. The highest BCUT2D eigenvalue weighted by Gasteiger charge is 2.11. The van der Waals surface area contributed by atoms with Crippen molar-refractivity contribution in [1.82, 2.24) is 0 Å². The van der Waals surface area contributed by atoms with Crippen LogP contribution in [0, 0.1) is 13.8 Å². The zero-order chi connectivity index (χ0) is 18.4. The van der Waals surface area contributed by atoms with E-state index in [1.54, 1.807) is 31.2 Å². The Labute approximate surface area is 155 Å². The van der Waals surface area contributed by atoms with Crippen LogP contribution in [-0.4, -0.2) is 25.1 Å². The number of nitrogens with one attached hydrogen (secondary N) is 1. The summed E-state index contributed by atoms with van der Waals surface area (Å²) in [6, 6.07) is 10.5. The summed E-state index contributed by atoms with van der Waals surface area (Å²) in [4.78, 5) is 23.9. The van der Waals surface area contributed by atoms with Crippen LogP contribution in [0.15, 0.2) is 40.9 Å². The molecule has 0 radical (unpaired) electrons. The third-order valence-electron chi connectivity index (χ3n) is 3.43. The third-order valence-corrected chi connectivity index (χ3v) is 3.89. The van der Waals surface area contributed by atoms with Crippen molar-refractivity contribution in [1.29, 1.82) is 0 Å². The maximum Gasteiger partial charge on any atom is 0.338 e. The first-order valence-corrected chi connectivity index (χ1v) is 8.66. The van der Waals surface area contributed by atoms with Crippen LogP contribution in [0.25, 0.3) is 0 Å². The number of ether oxygens (including phenoxy) is 2. The van der Waals surface area contributed by atoms with Crippen molar-refractivity contribution in [2.75, 3.05) is 18.5 Å². The summed E-state index contributed by atoms with van der Waals surface area (Å²) in [7, 11) is 0. The molecule has 2 aromatic rings. The molecule has 0 aliphatic carbocycles. The minimum Gasteiger partial charge on any atom is -0.483 e. The second-order valence-corrected chi connectivity index (χ2v) is 6.42. The lowest BCUT2D eigenvalue weighted by Crippen LogP contribution is -2.21. The number of carbonyl (C=O) groups is 2. The van der Waals surface area contributed by atoms with E-state index in [4.69, 9.17) is 9.47 Å². The Morgan fingerprint density at radius 3 is 2.44 bits per heavy atom. The number of rotatable bonds is 6. The molecule has 1 N–H and O–H groups in total. The number of aryl methyl sites for hydroxylation is 2. The Balaban J connectivity index is 1.99. The second kappa shape index (κ2) is 8.67. The molecule has 0 aliphatic heterocycles. The quantitative estimate of drug-likeness (QED) is 0.729. The zero-order valence-electron chi connectivity index (χ0n) is 14.4. The highest BCUT2D eigenvalue weighted by molar-refractivity contribution is 9.10. The van der Waals surface area contributed by atoms with Gasteiger partial charge in [-0.2, -0.15) is 0 Å². The van der Waals surface area contributed by atoms with Gasteiger partial charge in [-0.1, -0.05) is 22.0 Å². The van der Waals surface area contributed by atoms with Crippen LogP contribution in [0.3, 0.4) is 0 Å². The molecular formula is C19H20BrNO4. The molecular weight excluding hydrogens is 386 g/mol. The fraction of sp³-hybridized carbons (Fsp3) is 0.263. The SMILES string of the molecule is CCOC(=O)c1cccc(NC(=O)COc2c(C)cc(Br)cc2C)c1. The van der Waals surface area contributed by atoms with Gasteiger partial charge >= 0.3 is 5.97 Å². The highest BCUT2D eigenvalue weighted by atomic mass is 79.9. The Hall–Kier alpha value is -2.34. The fourth-order valence-corrected chi connectivity index (χ4v) is 3.08. The van der Waals surface area contributed by atoms with E-state index in [0.717, 1.165) is 15.6 Å². The molecule has 0 atom stereocenters. The number of halogens is 1. The van der Waals surface area contributed by atoms with Gasteiger partial charge < -0.3 is 14.8 Å². The molecule has 0 saturated heterocycles. The summed E-state index contributed by atoms with van der Waals surface area (Å²) in [5.41, 5.74) is 2.80. The van der Waals surface area contributed by atoms with Crippen LogP contribution in [-0.2, 0) is 9.53 Å². The van der Waals surface area contributed by atoms with Crippen LogP contribution in [0.1, 0.15) is 28.4 Å². The molecule has 0 aromatic heterocycles. The number of hydrogen-bond acceptors (Lipinski definition) is 4. The second-order valence-electron chi connectivity index (χ2n) is 5.51. The zero-order valence-corrected chi connectivity index (χ0v) is 16.0. The highest BCUT2D eigenvalue weighted by Crippen LogP contribution is 2.27. The average molecular weight is 406 g/mol. The molecule has 1 amide bonds. The van der Waals surface area contributed by atoms with Gasteiger partial charge in [0.05, 0.1) is 12.2 Å². The molecule has 132 valence electrons. The molecule has 25 heavy (non-hydrogen) atoms. The fourth-order valence-electron chi connectivity index (χ4n) is 2.40.